The zero-order valence-corrected chi connectivity index (χ0v) is 12.2. The molecule has 0 heterocycles. The summed E-state index contributed by atoms with van der Waals surface area (Å²) in [4.78, 5) is 0. The second-order valence-electron chi connectivity index (χ2n) is 5.23. The summed E-state index contributed by atoms with van der Waals surface area (Å²) >= 11 is 0. The van der Waals surface area contributed by atoms with Crippen LogP contribution in [-0.4, -0.2) is 26.4 Å². The molecule has 106 valence electrons. The molecule has 0 spiro atoms. The van der Waals surface area contributed by atoms with Gasteiger partial charge in [0.2, 0.25) is 0 Å². The van der Waals surface area contributed by atoms with Crippen LogP contribution in [0, 0.1) is 0 Å². The van der Waals surface area contributed by atoms with Gasteiger partial charge >= 0.3 is 0 Å². The van der Waals surface area contributed by atoms with E-state index in [0.717, 1.165) is 18.7 Å². The van der Waals surface area contributed by atoms with Crippen molar-refractivity contribution >= 4 is 0 Å². The fourth-order valence-corrected chi connectivity index (χ4v) is 2.56. The Labute approximate surface area is 116 Å². The van der Waals surface area contributed by atoms with Gasteiger partial charge in [-0.05, 0) is 49.9 Å². The Balaban J connectivity index is 2.05. The van der Waals surface area contributed by atoms with Crippen molar-refractivity contribution in [2.75, 3.05) is 20.3 Å². The highest BCUT2D eigenvalue weighted by molar-refractivity contribution is 5.45. The van der Waals surface area contributed by atoms with E-state index in [1.54, 1.807) is 7.11 Å². The van der Waals surface area contributed by atoms with Crippen molar-refractivity contribution in [1.82, 2.24) is 5.32 Å². The molecule has 2 unspecified atom stereocenters. The summed E-state index contributed by atoms with van der Waals surface area (Å²) in [6.45, 7) is 5.92. The Morgan fingerprint density at radius 3 is 3.00 bits per heavy atom. The maximum absolute atomic E-state index is 5.90. The molecular formula is C16H25NO2. The van der Waals surface area contributed by atoms with Crippen LogP contribution in [0.15, 0.2) is 18.2 Å². The van der Waals surface area contributed by atoms with E-state index in [4.69, 9.17) is 9.47 Å². The van der Waals surface area contributed by atoms with E-state index in [1.165, 1.54) is 24.0 Å². The summed E-state index contributed by atoms with van der Waals surface area (Å²) in [7, 11) is 1.72. The SMILES string of the molecule is CCCNC1CCc2c(OCC(C)OC)cccc21. The molecular weight excluding hydrogens is 238 g/mol. The first-order valence-electron chi connectivity index (χ1n) is 7.27. The number of benzene rings is 1. The van der Waals surface area contributed by atoms with Gasteiger partial charge in [0.05, 0.1) is 6.10 Å². The molecule has 3 heteroatoms. The fraction of sp³-hybridized carbons (Fsp3) is 0.625. The molecule has 1 aromatic carbocycles. The molecule has 1 aliphatic rings. The van der Waals surface area contributed by atoms with E-state index in [1.807, 2.05) is 6.92 Å². The van der Waals surface area contributed by atoms with Crippen LogP contribution in [0.5, 0.6) is 5.75 Å². The lowest BCUT2D eigenvalue weighted by atomic mass is 10.1. The maximum Gasteiger partial charge on any atom is 0.122 e. The van der Waals surface area contributed by atoms with Gasteiger partial charge in [0.1, 0.15) is 12.4 Å². The number of nitrogens with one attached hydrogen (secondary N) is 1. The average molecular weight is 263 g/mol. The highest BCUT2D eigenvalue weighted by Gasteiger charge is 2.24. The van der Waals surface area contributed by atoms with Crippen LogP contribution in [-0.2, 0) is 11.2 Å². The summed E-state index contributed by atoms with van der Waals surface area (Å²) in [5, 5.41) is 3.61. The predicted octanol–water partition coefficient (Wildman–Crippen LogP) is 3.09. The van der Waals surface area contributed by atoms with Gasteiger partial charge in [0, 0.05) is 13.2 Å². The van der Waals surface area contributed by atoms with Gasteiger partial charge in [-0.15, -0.1) is 0 Å². The summed E-state index contributed by atoms with van der Waals surface area (Å²) in [5.74, 6) is 1.03. The minimum absolute atomic E-state index is 0.131. The van der Waals surface area contributed by atoms with Crippen molar-refractivity contribution in [2.45, 2.75) is 45.3 Å². The first-order chi connectivity index (χ1) is 9.26. The second-order valence-corrected chi connectivity index (χ2v) is 5.23. The van der Waals surface area contributed by atoms with Gasteiger partial charge in [-0.3, -0.25) is 0 Å². The minimum Gasteiger partial charge on any atom is -0.491 e. The summed E-state index contributed by atoms with van der Waals surface area (Å²) < 4.78 is 11.1. The maximum atomic E-state index is 5.90. The standard InChI is InChI=1S/C16H25NO2/c1-4-10-17-15-9-8-14-13(15)6-5-7-16(14)19-11-12(2)18-3/h5-7,12,15,17H,4,8-11H2,1-3H3. The zero-order chi connectivity index (χ0) is 13.7. The van der Waals surface area contributed by atoms with Gasteiger partial charge in [0.25, 0.3) is 0 Å². The van der Waals surface area contributed by atoms with Gasteiger partial charge in [-0.1, -0.05) is 19.1 Å². The molecule has 19 heavy (non-hydrogen) atoms. The van der Waals surface area contributed by atoms with Gasteiger partial charge in [-0.25, -0.2) is 0 Å². The number of hydrogen-bond donors (Lipinski definition) is 1. The van der Waals surface area contributed by atoms with E-state index < -0.39 is 0 Å². The predicted molar refractivity (Wildman–Crippen MR) is 77.8 cm³/mol. The van der Waals surface area contributed by atoms with E-state index in [2.05, 4.69) is 30.4 Å². The van der Waals surface area contributed by atoms with Crippen molar-refractivity contribution in [3.05, 3.63) is 29.3 Å². The van der Waals surface area contributed by atoms with Gasteiger partial charge in [0.15, 0.2) is 0 Å². The minimum atomic E-state index is 0.131. The molecule has 0 bridgehead atoms. The monoisotopic (exact) mass is 263 g/mol. The Morgan fingerprint density at radius 1 is 1.42 bits per heavy atom. The van der Waals surface area contributed by atoms with Crippen molar-refractivity contribution in [1.29, 1.82) is 0 Å². The number of methoxy groups -OCH3 is 1. The van der Waals surface area contributed by atoms with Crippen molar-refractivity contribution < 1.29 is 9.47 Å². The Morgan fingerprint density at radius 2 is 2.26 bits per heavy atom. The van der Waals surface area contributed by atoms with E-state index in [0.29, 0.717) is 12.6 Å². The van der Waals surface area contributed by atoms with Crippen LogP contribution in [0.2, 0.25) is 0 Å². The first-order valence-corrected chi connectivity index (χ1v) is 7.27. The van der Waals surface area contributed by atoms with E-state index in [9.17, 15) is 0 Å². The Bertz CT molecular complexity index is 406. The Hall–Kier alpha value is -1.06. The quantitative estimate of drug-likeness (QED) is 0.820. The van der Waals surface area contributed by atoms with Crippen LogP contribution >= 0.6 is 0 Å². The highest BCUT2D eigenvalue weighted by atomic mass is 16.5. The molecule has 0 aromatic heterocycles. The van der Waals surface area contributed by atoms with Crippen LogP contribution in [0.1, 0.15) is 43.9 Å². The molecule has 2 rings (SSSR count). The van der Waals surface area contributed by atoms with E-state index in [-0.39, 0.29) is 6.10 Å². The lowest BCUT2D eigenvalue weighted by Crippen LogP contribution is -2.20. The fourth-order valence-electron chi connectivity index (χ4n) is 2.56. The van der Waals surface area contributed by atoms with Crippen molar-refractivity contribution in [3.63, 3.8) is 0 Å². The van der Waals surface area contributed by atoms with Gasteiger partial charge in [-0.2, -0.15) is 0 Å². The van der Waals surface area contributed by atoms with Gasteiger partial charge < -0.3 is 14.8 Å². The van der Waals surface area contributed by atoms with Crippen LogP contribution in [0.3, 0.4) is 0 Å². The third-order valence-electron chi connectivity index (χ3n) is 3.74. The molecule has 1 aliphatic carbocycles. The van der Waals surface area contributed by atoms with Crippen LogP contribution in [0.25, 0.3) is 0 Å². The number of fused-ring (bicyclic) bond motifs is 1. The first kappa shape index (κ1) is 14.4. The number of hydrogen-bond acceptors (Lipinski definition) is 3. The topological polar surface area (TPSA) is 30.5 Å². The van der Waals surface area contributed by atoms with Crippen molar-refractivity contribution in [2.24, 2.45) is 0 Å². The molecule has 0 saturated heterocycles. The Kier molecular flexibility index (Phi) is 5.23. The summed E-state index contributed by atoms with van der Waals surface area (Å²) in [5.41, 5.74) is 2.79. The lowest BCUT2D eigenvalue weighted by Gasteiger charge is -2.16. The second kappa shape index (κ2) is 6.92. The molecule has 2 atom stereocenters. The lowest BCUT2D eigenvalue weighted by molar-refractivity contribution is 0.0713. The largest absolute Gasteiger partial charge is 0.491 e. The molecule has 0 saturated carbocycles. The molecule has 3 nitrogen and oxygen atoms in total. The molecule has 1 N–H and O–H groups in total. The molecule has 0 aliphatic heterocycles. The zero-order valence-electron chi connectivity index (χ0n) is 12.2. The molecule has 1 aromatic rings. The average Bonchev–Trinajstić information content (AvgIpc) is 2.86. The molecule has 0 radical (unpaired) electrons. The van der Waals surface area contributed by atoms with E-state index >= 15 is 0 Å². The number of ether oxygens (including phenoxy) is 2. The molecule has 0 fully saturated rings. The van der Waals surface area contributed by atoms with Crippen LogP contribution in [0.4, 0.5) is 0 Å². The summed E-state index contributed by atoms with van der Waals surface area (Å²) in [6, 6.07) is 6.89. The molecule has 0 amide bonds. The third kappa shape index (κ3) is 3.48. The van der Waals surface area contributed by atoms with Crippen molar-refractivity contribution in [3.8, 4) is 5.75 Å². The third-order valence-corrected chi connectivity index (χ3v) is 3.74. The number of rotatable bonds is 7. The smallest absolute Gasteiger partial charge is 0.122 e. The van der Waals surface area contributed by atoms with Crippen LogP contribution < -0.4 is 10.1 Å². The highest BCUT2D eigenvalue weighted by Crippen LogP contribution is 2.36. The summed E-state index contributed by atoms with van der Waals surface area (Å²) in [6.07, 6.45) is 3.59. The normalized spacial score (nSPS) is 19.2.